The van der Waals surface area contributed by atoms with E-state index < -0.39 is 21.2 Å². The number of fused-ring (bicyclic) bond motifs is 3. The molecule has 1 aliphatic rings. The largest absolute Gasteiger partial charge is 0.289 e. The van der Waals surface area contributed by atoms with Crippen LogP contribution >= 0.6 is 34.5 Å². The molecule has 1 amide bonds. The van der Waals surface area contributed by atoms with Crippen molar-refractivity contribution in [2.24, 2.45) is 0 Å². The van der Waals surface area contributed by atoms with E-state index in [9.17, 15) is 13.2 Å². The van der Waals surface area contributed by atoms with Gasteiger partial charge in [-0.1, -0.05) is 34.5 Å². The molecular formula is C13H9Cl2N3O3S2. The summed E-state index contributed by atoms with van der Waals surface area (Å²) >= 11 is 13.4. The van der Waals surface area contributed by atoms with Crippen LogP contribution < -0.4 is 4.72 Å². The normalized spacial score (nSPS) is 15.4. The molecule has 4 rings (SSSR count). The molecule has 2 heterocycles. The highest BCUT2D eigenvalue weighted by Crippen LogP contribution is 2.36. The van der Waals surface area contributed by atoms with E-state index in [-0.39, 0.29) is 5.69 Å². The molecule has 0 spiro atoms. The van der Waals surface area contributed by atoms with E-state index in [0.717, 1.165) is 10.2 Å². The number of imidazole rings is 1. The third-order valence-corrected chi connectivity index (χ3v) is 7.41. The van der Waals surface area contributed by atoms with Crippen LogP contribution in [0.3, 0.4) is 0 Å². The van der Waals surface area contributed by atoms with Gasteiger partial charge in [-0.05, 0) is 25.0 Å². The van der Waals surface area contributed by atoms with Crippen molar-refractivity contribution < 1.29 is 13.2 Å². The number of carbonyl (C=O) groups is 1. The fourth-order valence-electron chi connectivity index (χ4n) is 2.26. The zero-order valence-electron chi connectivity index (χ0n) is 11.4. The lowest BCUT2D eigenvalue weighted by Gasteiger charge is -2.02. The van der Waals surface area contributed by atoms with E-state index in [0.29, 0.717) is 27.8 Å². The Morgan fingerprint density at radius 3 is 2.78 bits per heavy atom. The van der Waals surface area contributed by atoms with Crippen LogP contribution in [0, 0.1) is 0 Å². The molecule has 0 unspecified atom stereocenters. The molecule has 0 radical (unpaired) electrons. The van der Waals surface area contributed by atoms with Crippen molar-refractivity contribution in [1.29, 1.82) is 0 Å². The molecule has 23 heavy (non-hydrogen) atoms. The molecule has 10 heteroatoms. The van der Waals surface area contributed by atoms with Crippen molar-refractivity contribution in [3.05, 3.63) is 34.1 Å². The zero-order valence-corrected chi connectivity index (χ0v) is 14.6. The van der Waals surface area contributed by atoms with Gasteiger partial charge in [0.2, 0.25) is 10.0 Å². The Bertz CT molecular complexity index is 1070. The summed E-state index contributed by atoms with van der Waals surface area (Å²) in [5.74, 6) is -0.721. The molecule has 1 aromatic carbocycles. The third kappa shape index (κ3) is 2.50. The van der Waals surface area contributed by atoms with Crippen molar-refractivity contribution in [2.75, 3.05) is 0 Å². The maximum atomic E-state index is 12.1. The maximum Gasteiger partial charge on any atom is 0.284 e. The van der Waals surface area contributed by atoms with Gasteiger partial charge in [-0.15, -0.1) is 0 Å². The Morgan fingerprint density at radius 1 is 1.35 bits per heavy atom. The van der Waals surface area contributed by atoms with E-state index in [1.54, 1.807) is 16.5 Å². The average Bonchev–Trinajstić information content (AvgIpc) is 3.17. The number of sulfonamides is 1. The number of hydrogen-bond donors (Lipinski definition) is 1. The number of rotatable bonds is 3. The fourth-order valence-corrected chi connectivity index (χ4v) is 5.08. The molecule has 2 aromatic heterocycles. The van der Waals surface area contributed by atoms with Gasteiger partial charge in [-0.25, -0.2) is 18.1 Å². The smallest absolute Gasteiger partial charge is 0.284 e. The Morgan fingerprint density at radius 2 is 2.09 bits per heavy atom. The van der Waals surface area contributed by atoms with E-state index >= 15 is 0 Å². The summed E-state index contributed by atoms with van der Waals surface area (Å²) in [6, 6.07) is 3.44. The molecule has 1 N–H and O–H groups in total. The van der Waals surface area contributed by atoms with Gasteiger partial charge in [0.1, 0.15) is 5.69 Å². The van der Waals surface area contributed by atoms with Gasteiger partial charge >= 0.3 is 0 Å². The van der Waals surface area contributed by atoms with Crippen LogP contribution in [0.15, 0.2) is 18.3 Å². The van der Waals surface area contributed by atoms with Crippen molar-refractivity contribution in [3.8, 4) is 0 Å². The first-order valence-corrected chi connectivity index (χ1v) is 9.80. The lowest BCUT2D eigenvalue weighted by molar-refractivity contribution is 0.0977. The number of carbonyl (C=O) groups excluding carboxylic acids is 1. The first-order chi connectivity index (χ1) is 10.9. The van der Waals surface area contributed by atoms with Crippen LogP contribution in [0.4, 0.5) is 0 Å². The summed E-state index contributed by atoms with van der Waals surface area (Å²) in [7, 11) is -3.59. The fraction of sp³-hybridized carbons (Fsp3) is 0.231. The highest BCUT2D eigenvalue weighted by atomic mass is 35.5. The number of amides is 1. The number of benzene rings is 1. The summed E-state index contributed by atoms with van der Waals surface area (Å²) in [6.45, 7) is 0. The van der Waals surface area contributed by atoms with Gasteiger partial charge in [-0.3, -0.25) is 9.20 Å². The molecule has 1 aliphatic carbocycles. The summed E-state index contributed by atoms with van der Waals surface area (Å²) in [6.07, 6.45) is 2.67. The second-order valence-electron chi connectivity index (χ2n) is 5.27. The Balaban J connectivity index is 1.75. The second-order valence-corrected chi connectivity index (χ2v) is 8.99. The Kier molecular flexibility index (Phi) is 3.35. The number of nitrogens with one attached hydrogen (secondary N) is 1. The van der Waals surface area contributed by atoms with Crippen molar-refractivity contribution >= 4 is 65.6 Å². The molecule has 0 saturated heterocycles. The summed E-state index contributed by atoms with van der Waals surface area (Å²) < 4.78 is 28.2. The van der Waals surface area contributed by atoms with Gasteiger partial charge in [-0.2, -0.15) is 0 Å². The standard InChI is InChI=1S/C13H9Cl2N3O3S2/c14-7-3-4-9-11(10(7)15)22-13-16-8(5-18(9)13)12(19)17-23(20,21)6-1-2-6/h3-6H,1-2H2,(H,17,19). The highest BCUT2D eigenvalue weighted by Gasteiger charge is 2.37. The molecule has 120 valence electrons. The van der Waals surface area contributed by atoms with Crippen LogP contribution in [-0.2, 0) is 10.0 Å². The van der Waals surface area contributed by atoms with Crippen molar-refractivity contribution in [3.63, 3.8) is 0 Å². The molecule has 6 nitrogen and oxygen atoms in total. The van der Waals surface area contributed by atoms with Crippen LogP contribution in [0.5, 0.6) is 0 Å². The first-order valence-electron chi connectivity index (χ1n) is 6.68. The van der Waals surface area contributed by atoms with Gasteiger partial charge in [0, 0.05) is 6.20 Å². The van der Waals surface area contributed by atoms with Crippen LogP contribution in [0.25, 0.3) is 15.2 Å². The van der Waals surface area contributed by atoms with Crippen LogP contribution in [-0.4, -0.2) is 29.0 Å². The molecular weight excluding hydrogens is 381 g/mol. The van der Waals surface area contributed by atoms with E-state index in [1.807, 2.05) is 0 Å². The van der Waals surface area contributed by atoms with Gasteiger partial charge in [0.25, 0.3) is 5.91 Å². The second kappa shape index (κ2) is 5.07. The lowest BCUT2D eigenvalue weighted by Crippen LogP contribution is -2.33. The minimum Gasteiger partial charge on any atom is -0.289 e. The molecule has 0 atom stereocenters. The summed E-state index contributed by atoms with van der Waals surface area (Å²) in [5, 5.41) is 0.413. The number of hydrogen-bond acceptors (Lipinski definition) is 5. The van der Waals surface area contributed by atoms with Crippen LogP contribution in [0.2, 0.25) is 10.0 Å². The topological polar surface area (TPSA) is 80.5 Å². The number of nitrogens with zero attached hydrogens (tertiary/aromatic N) is 2. The summed E-state index contributed by atoms with van der Waals surface area (Å²) in [4.78, 5) is 16.8. The highest BCUT2D eigenvalue weighted by molar-refractivity contribution is 7.91. The number of thiazole rings is 1. The van der Waals surface area contributed by atoms with Crippen LogP contribution in [0.1, 0.15) is 23.3 Å². The monoisotopic (exact) mass is 389 g/mol. The Labute approximate surface area is 145 Å². The zero-order chi connectivity index (χ0) is 16.4. The average molecular weight is 390 g/mol. The van der Waals surface area contributed by atoms with Gasteiger partial charge < -0.3 is 0 Å². The number of halogens is 2. The lowest BCUT2D eigenvalue weighted by atomic mass is 10.3. The minimum atomic E-state index is -3.59. The number of aromatic nitrogens is 2. The Hall–Kier alpha value is -1.35. The van der Waals surface area contributed by atoms with E-state index in [1.165, 1.54) is 17.5 Å². The third-order valence-electron chi connectivity index (χ3n) is 3.59. The molecule has 3 aromatic rings. The van der Waals surface area contributed by atoms with Gasteiger partial charge in [0.15, 0.2) is 4.96 Å². The molecule has 1 saturated carbocycles. The predicted octanol–water partition coefficient (Wildman–Crippen LogP) is 3.08. The van der Waals surface area contributed by atoms with Crippen molar-refractivity contribution in [1.82, 2.24) is 14.1 Å². The van der Waals surface area contributed by atoms with E-state index in [2.05, 4.69) is 9.71 Å². The van der Waals surface area contributed by atoms with Gasteiger partial charge in [0.05, 0.1) is 25.5 Å². The summed E-state index contributed by atoms with van der Waals surface area (Å²) in [5.41, 5.74) is 0.810. The molecule has 1 fully saturated rings. The minimum absolute atomic E-state index is 0.0495. The molecule has 0 bridgehead atoms. The SMILES string of the molecule is O=C(NS(=O)(=O)C1CC1)c1cn2c(n1)sc1c(Cl)c(Cl)ccc12. The first kappa shape index (κ1) is 15.2. The molecule has 0 aliphatic heterocycles. The predicted molar refractivity (Wildman–Crippen MR) is 90.0 cm³/mol. The maximum absolute atomic E-state index is 12.1. The van der Waals surface area contributed by atoms with E-state index in [4.69, 9.17) is 23.2 Å². The van der Waals surface area contributed by atoms with Crippen molar-refractivity contribution in [2.45, 2.75) is 18.1 Å². The quantitative estimate of drug-likeness (QED) is 0.745.